The van der Waals surface area contributed by atoms with Crippen molar-refractivity contribution in [2.24, 2.45) is 0 Å². The molecule has 1 aromatic carbocycles. The van der Waals surface area contributed by atoms with Crippen LogP contribution in [-0.4, -0.2) is 28.0 Å². The number of benzene rings is 1. The van der Waals surface area contributed by atoms with E-state index in [1.54, 1.807) is 30.5 Å². The van der Waals surface area contributed by atoms with Gasteiger partial charge in [-0.3, -0.25) is 5.41 Å². The van der Waals surface area contributed by atoms with Crippen LogP contribution in [0, 0.1) is 30.6 Å². The van der Waals surface area contributed by atoms with Crippen LogP contribution in [-0.2, 0) is 6.61 Å². The first-order valence-electron chi connectivity index (χ1n) is 8.78. The summed E-state index contributed by atoms with van der Waals surface area (Å²) in [6, 6.07) is 10.2. The van der Waals surface area contributed by atoms with Gasteiger partial charge < -0.3 is 15.2 Å². The molecule has 3 N–H and O–H groups in total. The van der Waals surface area contributed by atoms with E-state index in [-0.39, 0.29) is 17.3 Å². The van der Waals surface area contributed by atoms with E-state index in [9.17, 15) is 0 Å². The zero-order valence-corrected chi connectivity index (χ0v) is 16.4. The largest absolute Gasteiger partial charge is 0.489 e. The highest BCUT2D eigenvalue weighted by Gasteiger charge is 2.14. The maximum Gasteiger partial charge on any atom is 0.214 e. The number of nitrogen functional groups attached to an aromatic ring is 1. The Morgan fingerprint density at radius 1 is 1.24 bits per heavy atom. The second kappa shape index (κ2) is 8.35. The van der Waals surface area contributed by atoms with Crippen molar-refractivity contribution in [2.45, 2.75) is 20.5 Å². The van der Waals surface area contributed by atoms with Gasteiger partial charge in [-0.2, -0.15) is 15.5 Å². The number of nitrogens with one attached hydrogen (secondary N) is 1. The summed E-state index contributed by atoms with van der Waals surface area (Å²) in [4.78, 5) is 4.02. The van der Waals surface area contributed by atoms with Gasteiger partial charge >= 0.3 is 0 Å². The summed E-state index contributed by atoms with van der Waals surface area (Å²) in [5.74, 6) is 0.821. The quantitative estimate of drug-likeness (QED) is 0.490. The van der Waals surface area contributed by atoms with E-state index in [1.807, 2.05) is 19.9 Å². The number of pyridine rings is 1. The molecule has 2 aromatic heterocycles. The first kappa shape index (κ1) is 19.8. The van der Waals surface area contributed by atoms with E-state index >= 15 is 0 Å². The Morgan fingerprint density at radius 2 is 2.03 bits per heavy atom. The van der Waals surface area contributed by atoms with E-state index in [0.29, 0.717) is 29.2 Å². The molecule has 2 heterocycles. The van der Waals surface area contributed by atoms with E-state index in [0.717, 1.165) is 16.8 Å². The molecular formula is C21H20N6O2. The van der Waals surface area contributed by atoms with Gasteiger partial charge in [0.05, 0.1) is 24.7 Å². The van der Waals surface area contributed by atoms with Crippen LogP contribution in [0.4, 0.5) is 5.69 Å². The number of nitriles is 1. The number of nitrogens with two attached hydrogens (primary N) is 1. The summed E-state index contributed by atoms with van der Waals surface area (Å²) < 4.78 is 11.0. The molecule has 0 radical (unpaired) electrons. The van der Waals surface area contributed by atoms with Crippen molar-refractivity contribution < 1.29 is 9.47 Å². The monoisotopic (exact) mass is 388 g/mol. The molecule has 0 aliphatic carbocycles. The molecule has 0 atom stereocenters. The fraction of sp³-hybridized carbons (Fsp3) is 0.190. The molecular weight excluding hydrogens is 368 g/mol. The van der Waals surface area contributed by atoms with Crippen molar-refractivity contribution in [2.75, 3.05) is 12.8 Å². The average Bonchev–Trinajstić information content (AvgIpc) is 2.73. The highest BCUT2D eigenvalue weighted by molar-refractivity contribution is 6.14. The number of aryl methyl sites for hydroxylation is 2. The van der Waals surface area contributed by atoms with Crippen LogP contribution in [0.2, 0.25) is 0 Å². The summed E-state index contributed by atoms with van der Waals surface area (Å²) in [6.45, 7) is 4.16. The van der Waals surface area contributed by atoms with Gasteiger partial charge in [0.15, 0.2) is 0 Å². The number of anilines is 1. The van der Waals surface area contributed by atoms with Crippen LogP contribution >= 0.6 is 0 Å². The van der Waals surface area contributed by atoms with Gasteiger partial charge in [0.25, 0.3) is 0 Å². The first-order valence-corrected chi connectivity index (χ1v) is 8.78. The van der Waals surface area contributed by atoms with E-state index < -0.39 is 0 Å². The van der Waals surface area contributed by atoms with Crippen LogP contribution in [0.5, 0.6) is 11.6 Å². The lowest BCUT2D eigenvalue weighted by atomic mass is 10.0. The molecule has 0 aliphatic rings. The molecule has 0 spiro atoms. The molecule has 146 valence electrons. The summed E-state index contributed by atoms with van der Waals surface area (Å²) in [6.07, 6.45) is 1.69. The smallest absolute Gasteiger partial charge is 0.214 e. The predicted molar refractivity (Wildman–Crippen MR) is 108 cm³/mol. The maximum absolute atomic E-state index is 9.16. The van der Waals surface area contributed by atoms with Gasteiger partial charge in [-0.25, -0.2) is 4.98 Å². The van der Waals surface area contributed by atoms with Gasteiger partial charge in [0.2, 0.25) is 5.88 Å². The molecule has 8 heteroatoms. The van der Waals surface area contributed by atoms with Crippen molar-refractivity contribution in [3.8, 4) is 17.7 Å². The summed E-state index contributed by atoms with van der Waals surface area (Å²) >= 11 is 0. The minimum absolute atomic E-state index is 0.142. The first-order chi connectivity index (χ1) is 13.9. The molecule has 0 fully saturated rings. The Bertz CT molecular complexity index is 1100. The van der Waals surface area contributed by atoms with Crippen LogP contribution in [0.1, 0.15) is 33.6 Å². The predicted octanol–water partition coefficient (Wildman–Crippen LogP) is 2.95. The molecule has 0 saturated heterocycles. The lowest BCUT2D eigenvalue weighted by molar-refractivity contribution is 0.303. The third kappa shape index (κ3) is 4.30. The Balaban J connectivity index is 1.89. The molecule has 29 heavy (non-hydrogen) atoms. The van der Waals surface area contributed by atoms with Crippen LogP contribution in [0.15, 0.2) is 36.5 Å². The molecule has 0 aliphatic heterocycles. The number of aromatic nitrogens is 3. The van der Waals surface area contributed by atoms with E-state index in [4.69, 9.17) is 25.9 Å². The molecule has 8 nitrogen and oxygen atoms in total. The fourth-order valence-electron chi connectivity index (χ4n) is 2.81. The topological polar surface area (TPSA) is 131 Å². The van der Waals surface area contributed by atoms with Gasteiger partial charge in [0.1, 0.15) is 24.1 Å². The third-order valence-corrected chi connectivity index (χ3v) is 4.46. The number of rotatable bonds is 6. The number of hydrogen-bond acceptors (Lipinski definition) is 8. The average molecular weight is 388 g/mol. The van der Waals surface area contributed by atoms with E-state index in [2.05, 4.69) is 15.2 Å². The number of nitrogens with zero attached hydrogens (tertiary/aromatic N) is 4. The summed E-state index contributed by atoms with van der Waals surface area (Å²) in [7, 11) is 1.46. The molecule has 3 aromatic rings. The Morgan fingerprint density at radius 3 is 2.72 bits per heavy atom. The fourth-order valence-corrected chi connectivity index (χ4v) is 2.81. The van der Waals surface area contributed by atoms with Crippen LogP contribution in [0.25, 0.3) is 0 Å². The third-order valence-electron chi connectivity index (χ3n) is 4.46. The highest BCUT2D eigenvalue weighted by Crippen LogP contribution is 2.25. The Hall–Kier alpha value is -3.99. The zero-order valence-electron chi connectivity index (χ0n) is 16.4. The molecule has 0 amide bonds. The second-order valence-electron chi connectivity index (χ2n) is 6.40. The standard InChI is InChI=1S/C21H20N6O2/c1-12-10-25-27-13(2)18(12)11-29-16-4-5-19(23)17(8-16)21(24)14-6-15(9-22)26-20(7-14)28-3/h4-8,10,24H,11,23H2,1-3H3. The number of methoxy groups -OCH3 is 1. The molecule has 0 unspecified atom stereocenters. The van der Waals surface area contributed by atoms with Crippen LogP contribution < -0.4 is 15.2 Å². The summed E-state index contributed by atoms with van der Waals surface area (Å²) in [5.41, 5.74) is 10.5. The lowest BCUT2D eigenvalue weighted by Gasteiger charge is -2.13. The molecule has 3 rings (SSSR count). The normalized spacial score (nSPS) is 10.3. The Labute approximate surface area is 168 Å². The van der Waals surface area contributed by atoms with Gasteiger partial charge in [-0.15, -0.1) is 0 Å². The molecule has 0 bridgehead atoms. The highest BCUT2D eigenvalue weighted by atomic mass is 16.5. The second-order valence-corrected chi connectivity index (χ2v) is 6.40. The molecule has 0 saturated carbocycles. The van der Waals surface area contributed by atoms with Crippen molar-refractivity contribution >= 4 is 11.4 Å². The zero-order chi connectivity index (χ0) is 21.0. The summed E-state index contributed by atoms with van der Waals surface area (Å²) in [5, 5.41) is 25.7. The van der Waals surface area contributed by atoms with Gasteiger partial charge in [-0.05, 0) is 43.7 Å². The van der Waals surface area contributed by atoms with Crippen molar-refractivity contribution in [1.82, 2.24) is 15.2 Å². The lowest BCUT2D eigenvalue weighted by Crippen LogP contribution is -2.08. The Kier molecular flexibility index (Phi) is 5.69. The maximum atomic E-state index is 9.16. The van der Waals surface area contributed by atoms with Gasteiger partial charge in [-0.1, -0.05) is 0 Å². The van der Waals surface area contributed by atoms with Gasteiger partial charge in [0, 0.05) is 28.4 Å². The number of ether oxygens (including phenoxy) is 2. The SMILES string of the molecule is COc1cc(C(=N)c2cc(OCc3c(C)cnnc3C)ccc2N)cc(C#N)n1. The minimum Gasteiger partial charge on any atom is -0.489 e. The van der Waals surface area contributed by atoms with Crippen molar-refractivity contribution in [3.05, 3.63) is 70.2 Å². The van der Waals surface area contributed by atoms with Crippen molar-refractivity contribution in [1.29, 1.82) is 10.7 Å². The van der Waals surface area contributed by atoms with Crippen molar-refractivity contribution in [3.63, 3.8) is 0 Å². The minimum atomic E-state index is 0.142. The van der Waals surface area contributed by atoms with E-state index in [1.165, 1.54) is 13.2 Å². The number of hydrogen-bond donors (Lipinski definition) is 2. The van der Waals surface area contributed by atoms with Crippen LogP contribution in [0.3, 0.4) is 0 Å².